The van der Waals surface area contributed by atoms with Crippen LogP contribution in [0.2, 0.25) is 0 Å². The summed E-state index contributed by atoms with van der Waals surface area (Å²) in [7, 11) is 0. The fraction of sp³-hybridized carbons (Fsp3) is 0.333. The number of rotatable bonds is 7. The molecule has 0 fully saturated rings. The molecule has 3 heteroatoms. The highest BCUT2D eigenvalue weighted by Crippen LogP contribution is 2.14. The summed E-state index contributed by atoms with van der Waals surface area (Å²) in [6, 6.07) is 13.6. The smallest absolute Gasteiger partial charge is 0.105 e. The summed E-state index contributed by atoms with van der Waals surface area (Å²) in [5.41, 5.74) is 0.977. The Balaban J connectivity index is 1.61. The molecule has 1 aromatic heterocycles. The first kappa shape index (κ1) is 12.9. The van der Waals surface area contributed by atoms with E-state index in [4.69, 9.17) is 4.42 Å². The largest absolute Gasteiger partial charge is 0.469 e. The first-order valence-electron chi connectivity index (χ1n) is 6.32. The van der Waals surface area contributed by atoms with Crippen molar-refractivity contribution in [3.63, 3.8) is 0 Å². The molecule has 0 unspecified atom stereocenters. The Hall–Kier alpha value is -1.58. The SMILES string of the molecule is O[C@H](CCNCCc1ccco1)c1ccccc1. The van der Waals surface area contributed by atoms with Gasteiger partial charge in [-0.2, -0.15) is 0 Å². The van der Waals surface area contributed by atoms with Crippen molar-refractivity contribution in [1.82, 2.24) is 5.32 Å². The van der Waals surface area contributed by atoms with Crippen molar-refractivity contribution in [1.29, 1.82) is 0 Å². The van der Waals surface area contributed by atoms with Crippen LogP contribution in [0.25, 0.3) is 0 Å². The van der Waals surface area contributed by atoms with Crippen LogP contribution in [-0.4, -0.2) is 18.2 Å². The molecule has 96 valence electrons. The molecular formula is C15H19NO2. The predicted octanol–water partition coefficient (Wildman–Crippen LogP) is 2.54. The predicted molar refractivity (Wildman–Crippen MR) is 71.3 cm³/mol. The summed E-state index contributed by atoms with van der Waals surface area (Å²) in [4.78, 5) is 0. The standard InChI is InChI=1S/C15H19NO2/c17-15(13-5-2-1-3-6-13)9-11-16-10-8-14-7-4-12-18-14/h1-7,12,15-17H,8-11H2/t15-/m1/s1. The van der Waals surface area contributed by atoms with Crippen LogP contribution in [0.1, 0.15) is 23.8 Å². The molecule has 0 aliphatic rings. The van der Waals surface area contributed by atoms with Crippen molar-refractivity contribution >= 4 is 0 Å². The third-order valence-corrected chi connectivity index (χ3v) is 2.91. The van der Waals surface area contributed by atoms with Gasteiger partial charge in [0.15, 0.2) is 0 Å². The van der Waals surface area contributed by atoms with E-state index in [-0.39, 0.29) is 6.10 Å². The van der Waals surface area contributed by atoms with E-state index in [2.05, 4.69) is 5.32 Å². The summed E-state index contributed by atoms with van der Waals surface area (Å²) < 4.78 is 5.24. The highest BCUT2D eigenvalue weighted by atomic mass is 16.3. The van der Waals surface area contributed by atoms with Gasteiger partial charge in [0.1, 0.15) is 5.76 Å². The van der Waals surface area contributed by atoms with E-state index in [9.17, 15) is 5.11 Å². The van der Waals surface area contributed by atoms with Gasteiger partial charge in [-0.05, 0) is 30.7 Å². The third kappa shape index (κ3) is 4.02. The van der Waals surface area contributed by atoms with Crippen LogP contribution in [-0.2, 0) is 6.42 Å². The molecule has 0 saturated heterocycles. The Bertz CT molecular complexity index is 425. The Morgan fingerprint density at radius 1 is 1.06 bits per heavy atom. The van der Waals surface area contributed by atoms with Gasteiger partial charge in [-0.1, -0.05) is 30.3 Å². The van der Waals surface area contributed by atoms with E-state index in [1.807, 2.05) is 42.5 Å². The molecule has 0 amide bonds. The second kappa shape index (κ2) is 6.99. The van der Waals surface area contributed by atoms with Gasteiger partial charge in [-0.15, -0.1) is 0 Å². The number of nitrogens with one attached hydrogen (secondary N) is 1. The maximum Gasteiger partial charge on any atom is 0.105 e. The van der Waals surface area contributed by atoms with E-state index < -0.39 is 0 Å². The first-order valence-corrected chi connectivity index (χ1v) is 6.32. The van der Waals surface area contributed by atoms with Gasteiger partial charge >= 0.3 is 0 Å². The molecule has 1 aromatic carbocycles. The normalized spacial score (nSPS) is 12.5. The van der Waals surface area contributed by atoms with E-state index >= 15 is 0 Å². The van der Waals surface area contributed by atoms with Crippen molar-refractivity contribution in [3.05, 3.63) is 60.1 Å². The number of benzene rings is 1. The molecule has 0 radical (unpaired) electrons. The summed E-state index contributed by atoms with van der Waals surface area (Å²) in [5.74, 6) is 0.992. The molecule has 3 nitrogen and oxygen atoms in total. The fourth-order valence-corrected chi connectivity index (χ4v) is 1.87. The maximum atomic E-state index is 9.95. The van der Waals surface area contributed by atoms with Crippen LogP contribution >= 0.6 is 0 Å². The fourth-order valence-electron chi connectivity index (χ4n) is 1.87. The Morgan fingerprint density at radius 2 is 1.89 bits per heavy atom. The van der Waals surface area contributed by atoms with Gasteiger partial charge in [0.2, 0.25) is 0 Å². The van der Waals surface area contributed by atoms with Crippen LogP contribution in [0, 0.1) is 0 Å². The van der Waals surface area contributed by atoms with Crippen LogP contribution < -0.4 is 5.32 Å². The quantitative estimate of drug-likeness (QED) is 0.737. The van der Waals surface area contributed by atoms with Crippen molar-refractivity contribution < 1.29 is 9.52 Å². The number of hydrogen-bond acceptors (Lipinski definition) is 3. The van der Waals surface area contributed by atoms with Gasteiger partial charge in [-0.3, -0.25) is 0 Å². The van der Waals surface area contributed by atoms with Crippen LogP contribution in [0.15, 0.2) is 53.1 Å². The molecule has 1 heterocycles. The highest BCUT2D eigenvalue weighted by molar-refractivity contribution is 5.17. The van der Waals surface area contributed by atoms with E-state index in [0.717, 1.165) is 37.3 Å². The zero-order valence-corrected chi connectivity index (χ0v) is 10.4. The van der Waals surface area contributed by atoms with Crippen LogP contribution in [0.5, 0.6) is 0 Å². The van der Waals surface area contributed by atoms with E-state index in [1.54, 1.807) is 6.26 Å². The van der Waals surface area contributed by atoms with Gasteiger partial charge in [-0.25, -0.2) is 0 Å². The number of hydrogen-bond donors (Lipinski definition) is 2. The summed E-state index contributed by atoms with van der Waals surface area (Å²) in [6.45, 7) is 1.67. The second-order valence-corrected chi connectivity index (χ2v) is 4.29. The summed E-state index contributed by atoms with van der Waals surface area (Å²) >= 11 is 0. The zero-order valence-electron chi connectivity index (χ0n) is 10.4. The molecule has 0 bridgehead atoms. The second-order valence-electron chi connectivity index (χ2n) is 4.29. The molecule has 0 aliphatic heterocycles. The van der Waals surface area contributed by atoms with Gasteiger partial charge in [0, 0.05) is 13.0 Å². The molecule has 2 N–H and O–H groups in total. The molecule has 0 saturated carbocycles. The number of aliphatic hydroxyl groups is 1. The molecule has 0 spiro atoms. The lowest BCUT2D eigenvalue weighted by Crippen LogP contribution is -2.20. The first-order chi connectivity index (χ1) is 8.86. The van der Waals surface area contributed by atoms with E-state index in [0.29, 0.717) is 0 Å². The van der Waals surface area contributed by atoms with Crippen LogP contribution in [0.3, 0.4) is 0 Å². The number of furan rings is 1. The molecule has 18 heavy (non-hydrogen) atoms. The minimum absolute atomic E-state index is 0.387. The lowest BCUT2D eigenvalue weighted by atomic mass is 10.1. The lowest BCUT2D eigenvalue weighted by molar-refractivity contribution is 0.167. The van der Waals surface area contributed by atoms with Crippen molar-refractivity contribution in [3.8, 4) is 0 Å². The van der Waals surface area contributed by atoms with Gasteiger partial charge < -0.3 is 14.8 Å². The topological polar surface area (TPSA) is 45.4 Å². The summed E-state index contributed by atoms with van der Waals surface area (Å²) in [5, 5.41) is 13.2. The monoisotopic (exact) mass is 245 g/mol. The van der Waals surface area contributed by atoms with Crippen molar-refractivity contribution in [2.24, 2.45) is 0 Å². The van der Waals surface area contributed by atoms with E-state index in [1.165, 1.54) is 0 Å². The molecular weight excluding hydrogens is 226 g/mol. The zero-order chi connectivity index (χ0) is 12.6. The number of aliphatic hydroxyl groups excluding tert-OH is 1. The van der Waals surface area contributed by atoms with Crippen LogP contribution in [0.4, 0.5) is 0 Å². The molecule has 1 atom stereocenters. The Labute approximate surface area is 107 Å². The van der Waals surface area contributed by atoms with Crippen molar-refractivity contribution in [2.45, 2.75) is 18.9 Å². The third-order valence-electron chi connectivity index (χ3n) is 2.91. The Morgan fingerprint density at radius 3 is 2.61 bits per heavy atom. The molecule has 2 aromatic rings. The maximum absolute atomic E-state index is 9.95. The molecule has 2 rings (SSSR count). The Kier molecular flexibility index (Phi) is 5.00. The average Bonchev–Trinajstić information content (AvgIpc) is 2.92. The lowest BCUT2D eigenvalue weighted by Gasteiger charge is -2.11. The van der Waals surface area contributed by atoms with Gasteiger partial charge in [0.05, 0.1) is 12.4 Å². The molecule has 0 aliphatic carbocycles. The highest BCUT2D eigenvalue weighted by Gasteiger charge is 2.05. The average molecular weight is 245 g/mol. The minimum Gasteiger partial charge on any atom is -0.469 e. The minimum atomic E-state index is -0.387. The van der Waals surface area contributed by atoms with Crippen molar-refractivity contribution in [2.75, 3.05) is 13.1 Å². The van der Waals surface area contributed by atoms with Gasteiger partial charge in [0.25, 0.3) is 0 Å². The summed E-state index contributed by atoms with van der Waals surface area (Å²) in [6.07, 6.45) is 2.91.